The molecule has 1 aromatic heterocycles. The van der Waals surface area contributed by atoms with Crippen LogP contribution in [0.1, 0.15) is 44.6 Å². The van der Waals surface area contributed by atoms with Crippen LogP contribution in [0.2, 0.25) is 0 Å². The van der Waals surface area contributed by atoms with E-state index in [9.17, 15) is 4.79 Å². The summed E-state index contributed by atoms with van der Waals surface area (Å²) < 4.78 is 0. The van der Waals surface area contributed by atoms with E-state index in [4.69, 9.17) is 0 Å². The van der Waals surface area contributed by atoms with Gasteiger partial charge in [-0.1, -0.05) is 13.8 Å². The summed E-state index contributed by atoms with van der Waals surface area (Å²) in [5.74, 6) is 1.57. The lowest BCUT2D eigenvalue weighted by Crippen LogP contribution is -2.20. The van der Waals surface area contributed by atoms with Crippen LogP contribution in [0.5, 0.6) is 0 Å². The number of rotatable bonds is 7. The fourth-order valence-electron chi connectivity index (χ4n) is 1.60. The molecule has 18 heavy (non-hydrogen) atoms. The van der Waals surface area contributed by atoms with Crippen molar-refractivity contribution in [2.45, 2.75) is 56.7 Å². The van der Waals surface area contributed by atoms with Gasteiger partial charge in [-0.05, 0) is 19.3 Å². The highest BCUT2D eigenvalue weighted by Crippen LogP contribution is 2.19. The predicted octanol–water partition coefficient (Wildman–Crippen LogP) is 2.05. The first-order chi connectivity index (χ1) is 8.67. The molecule has 1 aliphatic carbocycles. The number of nitrogens with one attached hydrogen (secondary N) is 2. The van der Waals surface area contributed by atoms with E-state index < -0.39 is 0 Å². The normalized spacial score (nSPS) is 16.8. The summed E-state index contributed by atoms with van der Waals surface area (Å²) >= 11 is 1.83. The van der Waals surface area contributed by atoms with Gasteiger partial charge in [0.25, 0.3) is 5.56 Å². The molecule has 0 radical (unpaired) electrons. The van der Waals surface area contributed by atoms with Crippen LogP contribution in [0.4, 0.5) is 0 Å². The summed E-state index contributed by atoms with van der Waals surface area (Å²) in [4.78, 5) is 18.9. The second-order valence-electron chi connectivity index (χ2n) is 4.87. The Balaban J connectivity index is 1.93. The monoisotopic (exact) mass is 267 g/mol. The van der Waals surface area contributed by atoms with Crippen molar-refractivity contribution in [2.75, 3.05) is 0 Å². The lowest BCUT2D eigenvalue weighted by atomic mass is 10.4. The zero-order valence-electron chi connectivity index (χ0n) is 11.0. The van der Waals surface area contributed by atoms with Crippen molar-refractivity contribution >= 4 is 11.8 Å². The Hall–Kier alpha value is -0.810. The van der Waals surface area contributed by atoms with E-state index in [1.54, 1.807) is 6.07 Å². The smallest absolute Gasteiger partial charge is 0.251 e. The van der Waals surface area contributed by atoms with Gasteiger partial charge in [-0.2, -0.15) is 11.8 Å². The van der Waals surface area contributed by atoms with Gasteiger partial charge in [-0.25, -0.2) is 4.98 Å². The molecule has 1 aliphatic rings. The van der Waals surface area contributed by atoms with Gasteiger partial charge in [0.2, 0.25) is 0 Å². The quantitative estimate of drug-likeness (QED) is 0.794. The van der Waals surface area contributed by atoms with Crippen molar-refractivity contribution in [1.29, 1.82) is 0 Å². The average molecular weight is 267 g/mol. The van der Waals surface area contributed by atoms with Gasteiger partial charge in [0, 0.05) is 23.9 Å². The second kappa shape index (κ2) is 6.38. The van der Waals surface area contributed by atoms with Crippen molar-refractivity contribution in [1.82, 2.24) is 15.3 Å². The minimum absolute atomic E-state index is 0.0441. The van der Waals surface area contributed by atoms with Gasteiger partial charge in [0.05, 0.1) is 11.4 Å². The molecular weight excluding hydrogens is 246 g/mol. The first-order valence-electron chi connectivity index (χ1n) is 6.61. The molecule has 2 rings (SSSR count). The third-order valence-electron chi connectivity index (χ3n) is 3.07. The molecule has 4 nitrogen and oxygen atoms in total. The zero-order valence-corrected chi connectivity index (χ0v) is 11.8. The molecule has 1 atom stereocenters. The summed E-state index contributed by atoms with van der Waals surface area (Å²) in [7, 11) is 0. The van der Waals surface area contributed by atoms with Crippen LogP contribution in [-0.4, -0.2) is 21.3 Å². The average Bonchev–Trinajstić information content (AvgIpc) is 3.17. The van der Waals surface area contributed by atoms with Crippen molar-refractivity contribution in [3.8, 4) is 0 Å². The standard InChI is InChI=1S/C13H21N3OS/c1-3-9(2)18-8-12-15-11(6-13(17)16-12)7-14-10-4-5-10/h6,9-10,14H,3-5,7-8H2,1-2H3,(H,15,16,17). The summed E-state index contributed by atoms with van der Waals surface area (Å²) in [6.07, 6.45) is 3.64. The molecule has 1 heterocycles. The Labute approximate surface area is 112 Å². The molecule has 2 N–H and O–H groups in total. The lowest BCUT2D eigenvalue weighted by Gasteiger charge is -2.08. The lowest BCUT2D eigenvalue weighted by molar-refractivity contribution is 0.668. The Morgan fingerprint density at radius 2 is 2.39 bits per heavy atom. The molecule has 1 fully saturated rings. The van der Waals surface area contributed by atoms with Crippen LogP contribution in [0.25, 0.3) is 0 Å². The molecule has 0 aliphatic heterocycles. The molecule has 0 saturated heterocycles. The van der Waals surface area contributed by atoms with Crippen molar-refractivity contribution in [3.63, 3.8) is 0 Å². The van der Waals surface area contributed by atoms with Crippen LogP contribution in [0.3, 0.4) is 0 Å². The molecule has 0 aromatic carbocycles. The van der Waals surface area contributed by atoms with Gasteiger partial charge >= 0.3 is 0 Å². The number of hydrogen-bond donors (Lipinski definition) is 2. The van der Waals surface area contributed by atoms with E-state index in [1.807, 2.05) is 11.8 Å². The van der Waals surface area contributed by atoms with Crippen LogP contribution in [-0.2, 0) is 12.3 Å². The van der Waals surface area contributed by atoms with Crippen molar-refractivity contribution in [2.24, 2.45) is 0 Å². The number of aromatic amines is 1. The molecule has 1 aromatic rings. The fourth-order valence-corrected chi connectivity index (χ4v) is 2.41. The van der Waals surface area contributed by atoms with E-state index in [1.165, 1.54) is 12.8 Å². The topological polar surface area (TPSA) is 57.8 Å². The van der Waals surface area contributed by atoms with Gasteiger partial charge in [0.1, 0.15) is 5.82 Å². The maximum atomic E-state index is 11.6. The number of nitrogens with zero attached hydrogens (tertiary/aromatic N) is 1. The fraction of sp³-hybridized carbons (Fsp3) is 0.692. The first-order valence-corrected chi connectivity index (χ1v) is 7.66. The van der Waals surface area contributed by atoms with Gasteiger partial charge in [-0.15, -0.1) is 0 Å². The Morgan fingerprint density at radius 1 is 1.61 bits per heavy atom. The highest BCUT2D eigenvalue weighted by Gasteiger charge is 2.20. The van der Waals surface area contributed by atoms with Crippen LogP contribution in [0.15, 0.2) is 10.9 Å². The molecule has 0 bridgehead atoms. The highest BCUT2D eigenvalue weighted by atomic mass is 32.2. The van der Waals surface area contributed by atoms with E-state index in [0.29, 0.717) is 17.8 Å². The van der Waals surface area contributed by atoms with Crippen LogP contribution >= 0.6 is 11.8 Å². The zero-order chi connectivity index (χ0) is 13.0. The van der Waals surface area contributed by atoms with Gasteiger partial charge in [-0.3, -0.25) is 4.79 Å². The maximum absolute atomic E-state index is 11.6. The maximum Gasteiger partial charge on any atom is 0.251 e. The Kier molecular flexibility index (Phi) is 4.83. The highest BCUT2D eigenvalue weighted by molar-refractivity contribution is 7.99. The minimum Gasteiger partial charge on any atom is -0.310 e. The van der Waals surface area contributed by atoms with E-state index in [2.05, 4.69) is 29.1 Å². The number of hydrogen-bond acceptors (Lipinski definition) is 4. The largest absolute Gasteiger partial charge is 0.310 e. The number of H-pyrrole nitrogens is 1. The Morgan fingerprint density at radius 3 is 3.06 bits per heavy atom. The van der Waals surface area contributed by atoms with E-state index in [0.717, 1.165) is 23.7 Å². The number of aromatic nitrogens is 2. The molecule has 5 heteroatoms. The van der Waals surface area contributed by atoms with Gasteiger partial charge < -0.3 is 10.3 Å². The molecule has 0 amide bonds. The number of thioether (sulfide) groups is 1. The SMILES string of the molecule is CCC(C)SCc1nc(CNC2CC2)cc(=O)[nH]1. The van der Waals surface area contributed by atoms with Crippen molar-refractivity contribution < 1.29 is 0 Å². The van der Waals surface area contributed by atoms with E-state index in [-0.39, 0.29) is 5.56 Å². The first kappa shape index (κ1) is 13.6. The summed E-state index contributed by atoms with van der Waals surface area (Å²) in [5.41, 5.74) is 0.808. The molecular formula is C13H21N3OS. The van der Waals surface area contributed by atoms with Crippen LogP contribution in [0, 0.1) is 0 Å². The molecule has 1 saturated carbocycles. The van der Waals surface area contributed by atoms with Crippen molar-refractivity contribution in [3.05, 3.63) is 27.9 Å². The summed E-state index contributed by atoms with van der Waals surface area (Å²) in [5, 5.41) is 3.98. The van der Waals surface area contributed by atoms with E-state index >= 15 is 0 Å². The minimum atomic E-state index is -0.0441. The van der Waals surface area contributed by atoms with Gasteiger partial charge in [0.15, 0.2) is 0 Å². The Bertz CT molecular complexity index is 442. The summed E-state index contributed by atoms with van der Waals surface area (Å²) in [6, 6.07) is 2.23. The second-order valence-corrected chi connectivity index (χ2v) is 6.30. The predicted molar refractivity (Wildman–Crippen MR) is 75.8 cm³/mol. The molecule has 1 unspecified atom stereocenters. The molecule has 0 spiro atoms. The third-order valence-corrected chi connectivity index (χ3v) is 4.41. The van der Waals surface area contributed by atoms with Crippen LogP contribution < -0.4 is 10.9 Å². The summed E-state index contributed by atoms with van der Waals surface area (Å²) in [6.45, 7) is 5.07. The molecule has 100 valence electrons. The third kappa shape index (κ3) is 4.46.